The van der Waals surface area contributed by atoms with Crippen LogP contribution in [0.2, 0.25) is 0 Å². The second-order valence-electron chi connectivity index (χ2n) is 1.56. The molecule has 1 aliphatic heterocycles. The molecule has 0 aromatic carbocycles. The molecule has 0 saturated carbocycles. The minimum atomic E-state index is 0.188. The summed E-state index contributed by atoms with van der Waals surface area (Å²) in [6.45, 7) is 0.693. The van der Waals surface area contributed by atoms with Crippen LogP contribution >= 0.6 is 0 Å². The summed E-state index contributed by atoms with van der Waals surface area (Å²) in [5.74, 6) is 0. The van der Waals surface area contributed by atoms with Gasteiger partial charge in [-0.3, -0.25) is 15.6 Å². The summed E-state index contributed by atoms with van der Waals surface area (Å²) in [5, 5.41) is 8.99. The summed E-state index contributed by atoms with van der Waals surface area (Å²) in [7, 11) is 1.88. The lowest BCUT2D eigenvalue weighted by Crippen LogP contribution is -2.53. The molecule has 1 rings (SSSR count). The smallest absolute Gasteiger partial charge is 0.134 e. The van der Waals surface area contributed by atoms with Gasteiger partial charge < -0.3 is 5.32 Å². The summed E-state index contributed by atoms with van der Waals surface area (Å²) in [5.41, 5.74) is 0. The van der Waals surface area contributed by atoms with Crippen molar-refractivity contribution in [3.8, 4) is 0 Å². The van der Waals surface area contributed by atoms with E-state index in [1.807, 2.05) is 7.05 Å². The number of nitrogens with zero attached hydrogens (tertiary/aromatic N) is 1. The fourth-order valence-corrected chi connectivity index (χ4v) is 0.561. The van der Waals surface area contributed by atoms with Crippen molar-refractivity contribution in [2.45, 2.75) is 6.29 Å². The van der Waals surface area contributed by atoms with E-state index in [4.69, 9.17) is 0 Å². The number of rotatable bonds is 1. The molecule has 3 N–H and O–H groups in total. The highest BCUT2D eigenvalue weighted by molar-refractivity contribution is 5.55. The molecular weight excluding hydrogens is 104 g/mol. The molecule has 1 unspecified atom stereocenters. The van der Waals surface area contributed by atoms with Crippen molar-refractivity contribution >= 4 is 6.34 Å². The third kappa shape index (κ3) is 1.18. The SMILES string of the molecule is CNC1NC=NCN1. The van der Waals surface area contributed by atoms with Crippen LogP contribution in [0, 0.1) is 0 Å². The van der Waals surface area contributed by atoms with Gasteiger partial charge in [-0.25, -0.2) is 0 Å². The van der Waals surface area contributed by atoms with Gasteiger partial charge in [0.15, 0.2) is 0 Å². The molecule has 0 aromatic heterocycles. The lowest BCUT2D eigenvalue weighted by Gasteiger charge is -2.19. The van der Waals surface area contributed by atoms with Gasteiger partial charge in [-0.1, -0.05) is 0 Å². The molecule has 8 heavy (non-hydrogen) atoms. The summed E-state index contributed by atoms with van der Waals surface area (Å²) in [6, 6.07) is 0. The van der Waals surface area contributed by atoms with Gasteiger partial charge in [-0.15, -0.1) is 0 Å². The number of nitrogens with one attached hydrogen (secondary N) is 3. The molecule has 1 heterocycles. The van der Waals surface area contributed by atoms with E-state index in [1.165, 1.54) is 0 Å². The van der Waals surface area contributed by atoms with Crippen molar-refractivity contribution in [2.24, 2.45) is 4.99 Å². The topological polar surface area (TPSA) is 48.5 Å². The van der Waals surface area contributed by atoms with E-state index in [2.05, 4.69) is 20.9 Å². The summed E-state index contributed by atoms with van der Waals surface area (Å²) < 4.78 is 0. The Balaban J connectivity index is 2.27. The third-order valence-corrected chi connectivity index (χ3v) is 1.01. The zero-order chi connectivity index (χ0) is 5.82. The molecule has 0 aromatic rings. The predicted molar refractivity (Wildman–Crippen MR) is 32.5 cm³/mol. The molecule has 4 nitrogen and oxygen atoms in total. The first-order chi connectivity index (χ1) is 3.93. The highest BCUT2D eigenvalue weighted by atomic mass is 15.3. The second-order valence-corrected chi connectivity index (χ2v) is 1.56. The number of hydrogen-bond acceptors (Lipinski definition) is 4. The number of aliphatic imine (C=N–C) groups is 1. The molecule has 1 aliphatic rings. The molecule has 0 fully saturated rings. The quantitative estimate of drug-likeness (QED) is 0.396. The molecule has 4 heteroatoms. The molecule has 46 valence electrons. The van der Waals surface area contributed by atoms with Gasteiger partial charge in [0.05, 0.1) is 13.0 Å². The van der Waals surface area contributed by atoms with E-state index in [9.17, 15) is 0 Å². The van der Waals surface area contributed by atoms with Crippen molar-refractivity contribution in [1.29, 1.82) is 0 Å². The van der Waals surface area contributed by atoms with Gasteiger partial charge in [0.1, 0.15) is 6.29 Å². The van der Waals surface area contributed by atoms with E-state index in [0.29, 0.717) is 6.67 Å². The molecule has 0 amide bonds. The Hall–Kier alpha value is -0.610. The minimum absolute atomic E-state index is 0.188. The Morgan fingerprint density at radius 2 is 2.75 bits per heavy atom. The molecule has 1 atom stereocenters. The summed E-state index contributed by atoms with van der Waals surface area (Å²) in [6.07, 6.45) is 1.88. The minimum Gasteiger partial charge on any atom is -0.349 e. The molecule has 0 saturated heterocycles. The first-order valence-corrected chi connectivity index (χ1v) is 2.58. The van der Waals surface area contributed by atoms with Crippen LogP contribution in [0.3, 0.4) is 0 Å². The molecule has 0 bridgehead atoms. The van der Waals surface area contributed by atoms with Gasteiger partial charge in [0.25, 0.3) is 0 Å². The fraction of sp³-hybridized carbons (Fsp3) is 0.750. The maximum absolute atomic E-state index is 3.89. The van der Waals surface area contributed by atoms with E-state index in [1.54, 1.807) is 6.34 Å². The van der Waals surface area contributed by atoms with Crippen molar-refractivity contribution in [3.63, 3.8) is 0 Å². The van der Waals surface area contributed by atoms with Crippen LogP contribution in [0.5, 0.6) is 0 Å². The van der Waals surface area contributed by atoms with Crippen LogP contribution in [-0.4, -0.2) is 26.3 Å². The van der Waals surface area contributed by atoms with Gasteiger partial charge >= 0.3 is 0 Å². The van der Waals surface area contributed by atoms with Crippen LogP contribution in [0.1, 0.15) is 0 Å². The maximum Gasteiger partial charge on any atom is 0.134 e. The van der Waals surface area contributed by atoms with Crippen LogP contribution in [0.15, 0.2) is 4.99 Å². The first kappa shape index (κ1) is 5.53. The Morgan fingerprint density at radius 3 is 3.12 bits per heavy atom. The summed E-state index contributed by atoms with van der Waals surface area (Å²) in [4.78, 5) is 3.89. The third-order valence-electron chi connectivity index (χ3n) is 1.01. The molecule has 0 aliphatic carbocycles. The summed E-state index contributed by atoms with van der Waals surface area (Å²) >= 11 is 0. The van der Waals surface area contributed by atoms with Gasteiger partial charge in [-0.2, -0.15) is 0 Å². The maximum atomic E-state index is 3.89. The highest BCUT2D eigenvalue weighted by Gasteiger charge is 2.01. The van der Waals surface area contributed by atoms with Crippen LogP contribution in [0.4, 0.5) is 0 Å². The van der Waals surface area contributed by atoms with Crippen LogP contribution in [0.25, 0.3) is 0 Å². The highest BCUT2D eigenvalue weighted by Crippen LogP contribution is 1.73. The predicted octanol–water partition coefficient (Wildman–Crippen LogP) is -1.33. The largest absolute Gasteiger partial charge is 0.349 e. The van der Waals surface area contributed by atoms with E-state index < -0.39 is 0 Å². The fourth-order valence-electron chi connectivity index (χ4n) is 0.561. The standard InChI is InChI=1S/C4H10N4/c1-5-4-7-2-6-3-8-4/h2,4-5,8H,3H2,1H3,(H,6,7). The average Bonchev–Trinajstić information content (AvgIpc) is 1.90. The van der Waals surface area contributed by atoms with E-state index >= 15 is 0 Å². The van der Waals surface area contributed by atoms with E-state index in [-0.39, 0.29) is 6.29 Å². The lowest BCUT2D eigenvalue weighted by atomic mass is 10.7. The Kier molecular flexibility index (Phi) is 1.82. The van der Waals surface area contributed by atoms with Crippen LogP contribution in [-0.2, 0) is 0 Å². The van der Waals surface area contributed by atoms with Crippen molar-refractivity contribution in [3.05, 3.63) is 0 Å². The molecular formula is C4H10N4. The van der Waals surface area contributed by atoms with E-state index in [0.717, 1.165) is 0 Å². The Morgan fingerprint density at radius 1 is 1.88 bits per heavy atom. The van der Waals surface area contributed by atoms with Gasteiger partial charge in [0.2, 0.25) is 0 Å². The van der Waals surface area contributed by atoms with Crippen molar-refractivity contribution < 1.29 is 0 Å². The zero-order valence-corrected chi connectivity index (χ0v) is 4.81. The second kappa shape index (κ2) is 2.64. The lowest BCUT2D eigenvalue weighted by molar-refractivity contribution is 0.425. The van der Waals surface area contributed by atoms with Crippen molar-refractivity contribution in [2.75, 3.05) is 13.7 Å². The average molecular weight is 114 g/mol. The van der Waals surface area contributed by atoms with Crippen molar-refractivity contribution in [1.82, 2.24) is 16.0 Å². The zero-order valence-electron chi connectivity index (χ0n) is 4.81. The Bertz CT molecular complexity index is 90.0. The normalized spacial score (nSPS) is 27.4. The molecule has 0 spiro atoms. The Labute approximate surface area is 48.4 Å². The number of hydrogen-bond donors (Lipinski definition) is 3. The van der Waals surface area contributed by atoms with Crippen LogP contribution < -0.4 is 16.0 Å². The first-order valence-electron chi connectivity index (χ1n) is 2.58. The monoisotopic (exact) mass is 114 g/mol. The van der Waals surface area contributed by atoms with Gasteiger partial charge in [-0.05, 0) is 7.05 Å². The molecule has 0 radical (unpaired) electrons. The van der Waals surface area contributed by atoms with Gasteiger partial charge in [0, 0.05) is 0 Å².